The summed E-state index contributed by atoms with van der Waals surface area (Å²) < 4.78 is 7.31. The maximum absolute atomic E-state index is 7.31. The molecule has 0 aromatic carbocycles. The molecule has 1 heterocycles. The summed E-state index contributed by atoms with van der Waals surface area (Å²) in [4.78, 5) is 2.27. The molecule has 0 unspecified atom stereocenters. The van der Waals surface area contributed by atoms with Gasteiger partial charge in [0, 0.05) is 13.1 Å². The Labute approximate surface area is 52.3 Å². The predicted molar refractivity (Wildman–Crippen MR) is 35.0 cm³/mol. The monoisotopic (exact) mass is 115 g/mol. The molecule has 0 aromatic rings. The van der Waals surface area contributed by atoms with Gasteiger partial charge in [-0.3, -0.25) is 0 Å². The van der Waals surface area contributed by atoms with Gasteiger partial charge in [-0.15, -0.1) is 0 Å². The Morgan fingerprint density at radius 1 is 1.50 bits per heavy atom. The SMILES string of the molecule is [2H]N1CCCN(C)CC1. The van der Waals surface area contributed by atoms with Crippen LogP contribution in [0.3, 0.4) is 0 Å². The van der Waals surface area contributed by atoms with E-state index in [2.05, 4.69) is 11.9 Å². The lowest BCUT2D eigenvalue weighted by molar-refractivity contribution is 0.358. The van der Waals surface area contributed by atoms with E-state index in [0.717, 1.165) is 32.6 Å². The number of nitrogens with zero attached hydrogens (tertiary/aromatic N) is 1. The average Bonchev–Trinajstić information content (AvgIpc) is 1.97. The van der Waals surface area contributed by atoms with Gasteiger partial charge in [-0.25, -0.2) is 0 Å². The van der Waals surface area contributed by atoms with E-state index in [1.54, 1.807) is 5.31 Å². The molecule has 0 atom stereocenters. The molecule has 0 aromatic heterocycles. The molecule has 0 radical (unpaired) electrons. The van der Waals surface area contributed by atoms with Crippen LogP contribution >= 0.6 is 0 Å². The molecule has 1 rings (SSSR count). The fourth-order valence-corrected chi connectivity index (χ4v) is 0.917. The van der Waals surface area contributed by atoms with Crippen LogP contribution < -0.4 is 5.31 Å². The summed E-state index contributed by atoms with van der Waals surface area (Å²) in [5.41, 5.74) is 0. The van der Waals surface area contributed by atoms with E-state index < -0.39 is 0 Å². The van der Waals surface area contributed by atoms with Gasteiger partial charge in [0.25, 0.3) is 0 Å². The second kappa shape index (κ2) is 3.05. The first-order valence-electron chi connectivity index (χ1n) is 3.66. The third-order valence-electron chi connectivity index (χ3n) is 1.50. The Morgan fingerprint density at radius 2 is 2.38 bits per heavy atom. The molecule has 1 aliphatic rings. The number of likely N-dealkylation sites (N-methyl/N-ethyl adjacent to an activating group) is 1. The van der Waals surface area contributed by atoms with Crippen molar-refractivity contribution in [2.24, 2.45) is 0 Å². The largest absolute Gasteiger partial charge is 0.315 e. The molecule has 0 spiro atoms. The van der Waals surface area contributed by atoms with Crippen molar-refractivity contribution in [3.05, 3.63) is 0 Å². The van der Waals surface area contributed by atoms with Crippen molar-refractivity contribution in [1.82, 2.24) is 10.2 Å². The first-order valence-corrected chi connectivity index (χ1v) is 3.21. The molecule has 1 saturated heterocycles. The summed E-state index contributed by atoms with van der Waals surface area (Å²) in [5, 5.41) is 1.64. The summed E-state index contributed by atoms with van der Waals surface area (Å²) in [6.07, 6.45) is 1.14. The highest BCUT2D eigenvalue weighted by Crippen LogP contribution is 1.88. The Kier molecular flexibility index (Phi) is 1.82. The second-order valence-electron chi connectivity index (χ2n) is 2.33. The van der Waals surface area contributed by atoms with E-state index in [4.69, 9.17) is 1.41 Å². The summed E-state index contributed by atoms with van der Waals surface area (Å²) in [5.74, 6) is 0. The lowest BCUT2D eigenvalue weighted by atomic mass is 10.4. The molecule has 0 bridgehead atoms. The zero-order valence-electron chi connectivity index (χ0n) is 6.43. The molecule has 1 N–H and O–H groups in total. The Balaban J connectivity index is 2.25. The van der Waals surface area contributed by atoms with Crippen LogP contribution in [0.4, 0.5) is 0 Å². The molecule has 2 heteroatoms. The van der Waals surface area contributed by atoms with Gasteiger partial charge in [0.05, 0.1) is 0 Å². The van der Waals surface area contributed by atoms with Gasteiger partial charge in [0.15, 0.2) is 0 Å². The average molecular weight is 115 g/mol. The highest BCUT2D eigenvalue weighted by molar-refractivity contribution is 4.60. The van der Waals surface area contributed by atoms with Crippen molar-refractivity contribution in [1.29, 1.82) is 0 Å². The van der Waals surface area contributed by atoms with Gasteiger partial charge in [-0.05, 0) is 26.6 Å². The second-order valence-corrected chi connectivity index (χ2v) is 2.33. The van der Waals surface area contributed by atoms with Crippen LogP contribution in [0.15, 0.2) is 0 Å². The van der Waals surface area contributed by atoms with Crippen LogP contribution in [0, 0.1) is 0 Å². The van der Waals surface area contributed by atoms with E-state index in [9.17, 15) is 0 Å². The Bertz CT molecular complexity index is 77.1. The van der Waals surface area contributed by atoms with Crippen LogP contribution in [0.1, 0.15) is 6.42 Å². The maximum atomic E-state index is 7.31. The van der Waals surface area contributed by atoms with Gasteiger partial charge in [-0.1, -0.05) is 0 Å². The van der Waals surface area contributed by atoms with Crippen LogP contribution in [-0.2, 0) is 0 Å². The van der Waals surface area contributed by atoms with E-state index in [0.29, 0.717) is 0 Å². The van der Waals surface area contributed by atoms with Crippen molar-refractivity contribution in [3.63, 3.8) is 0 Å². The van der Waals surface area contributed by atoms with Crippen LogP contribution in [0.25, 0.3) is 0 Å². The third kappa shape index (κ3) is 1.80. The minimum absolute atomic E-state index is 0.899. The molecule has 0 saturated carbocycles. The van der Waals surface area contributed by atoms with Crippen molar-refractivity contribution >= 4 is 0 Å². The predicted octanol–water partition coefficient (Wildman–Crippen LogP) is -0.0885. The molecule has 2 nitrogen and oxygen atoms in total. The molecule has 1 fully saturated rings. The number of rotatable bonds is 0. The number of hydrogen-bond acceptors (Lipinski definition) is 2. The third-order valence-corrected chi connectivity index (χ3v) is 1.50. The normalized spacial score (nSPS) is 29.4. The Morgan fingerprint density at radius 3 is 3.25 bits per heavy atom. The van der Waals surface area contributed by atoms with E-state index in [-0.39, 0.29) is 0 Å². The molecular weight excluding hydrogens is 100 g/mol. The summed E-state index contributed by atoms with van der Waals surface area (Å²) in [6, 6.07) is 0. The quantitative estimate of drug-likeness (QED) is 0.474. The molecule has 1 aliphatic heterocycles. The van der Waals surface area contributed by atoms with Gasteiger partial charge in [-0.2, -0.15) is 0 Å². The van der Waals surface area contributed by atoms with Gasteiger partial charge >= 0.3 is 0 Å². The van der Waals surface area contributed by atoms with Gasteiger partial charge in [0.1, 0.15) is 1.41 Å². The first-order chi connectivity index (χ1) is 4.29. The maximum Gasteiger partial charge on any atom is 0.122 e. The number of nitrogens with one attached hydrogen (secondary N) is 1. The molecule has 8 heavy (non-hydrogen) atoms. The van der Waals surface area contributed by atoms with Gasteiger partial charge < -0.3 is 10.2 Å². The molecule has 0 aliphatic carbocycles. The summed E-state index contributed by atoms with van der Waals surface area (Å²) in [7, 11) is 2.11. The first kappa shape index (κ1) is 4.77. The smallest absolute Gasteiger partial charge is 0.122 e. The molecular formula is C6H14N2. The van der Waals surface area contributed by atoms with Gasteiger partial charge in [0.2, 0.25) is 0 Å². The van der Waals surface area contributed by atoms with Crippen molar-refractivity contribution in [3.8, 4) is 0 Å². The standard InChI is InChI=1S/C6H14N2/c1-8-5-2-3-7-4-6-8/h7H,2-6H2,1H3/i/hD. The zero-order chi connectivity index (χ0) is 6.69. The summed E-state index contributed by atoms with van der Waals surface area (Å²) >= 11 is 0. The van der Waals surface area contributed by atoms with E-state index in [1.165, 1.54) is 0 Å². The fourth-order valence-electron chi connectivity index (χ4n) is 0.917. The van der Waals surface area contributed by atoms with E-state index >= 15 is 0 Å². The van der Waals surface area contributed by atoms with Crippen LogP contribution in [0.2, 0.25) is 1.41 Å². The topological polar surface area (TPSA) is 15.3 Å². The van der Waals surface area contributed by atoms with Crippen LogP contribution in [-0.4, -0.2) is 38.1 Å². The highest BCUT2D eigenvalue weighted by Gasteiger charge is 2.00. The number of hydrogen-bond donors (Lipinski definition) is 1. The minimum atomic E-state index is 0.899. The van der Waals surface area contributed by atoms with Crippen molar-refractivity contribution in [2.45, 2.75) is 6.42 Å². The molecule has 0 amide bonds. The van der Waals surface area contributed by atoms with E-state index in [1.807, 2.05) is 0 Å². The van der Waals surface area contributed by atoms with Crippen molar-refractivity contribution < 1.29 is 1.41 Å². The minimum Gasteiger partial charge on any atom is -0.315 e. The van der Waals surface area contributed by atoms with Crippen molar-refractivity contribution in [2.75, 3.05) is 33.2 Å². The molecule has 48 valence electrons. The van der Waals surface area contributed by atoms with Crippen LogP contribution in [0.5, 0.6) is 0 Å². The summed E-state index contributed by atoms with van der Waals surface area (Å²) in [6.45, 7) is 4.03. The highest BCUT2D eigenvalue weighted by atomic mass is 15.1. The Hall–Kier alpha value is -0.0800. The fraction of sp³-hybridized carbons (Fsp3) is 1.00. The zero-order valence-corrected chi connectivity index (χ0v) is 5.43. The lowest BCUT2D eigenvalue weighted by Gasteiger charge is -2.09. The lowest BCUT2D eigenvalue weighted by Crippen LogP contribution is -2.23.